The van der Waals surface area contributed by atoms with Gasteiger partial charge in [0.15, 0.2) is 0 Å². The monoisotopic (exact) mass is 242 g/mol. The van der Waals surface area contributed by atoms with Crippen molar-refractivity contribution < 1.29 is 12.8 Å². The van der Waals surface area contributed by atoms with E-state index in [2.05, 4.69) is 0 Å². The van der Waals surface area contributed by atoms with Crippen LogP contribution in [0.15, 0.2) is 23.1 Å². The average Bonchev–Trinajstić information content (AvgIpc) is 2.22. The number of sulfonamides is 1. The summed E-state index contributed by atoms with van der Waals surface area (Å²) in [5, 5.41) is 8.44. The fourth-order valence-corrected chi connectivity index (χ4v) is 2.50. The molecule has 0 radical (unpaired) electrons. The second-order valence-corrected chi connectivity index (χ2v) is 5.34. The SMILES string of the molecule is Cc1ccc(F)cc1S(=O)(=O)N(C)CC#N. The maximum Gasteiger partial charge on any atom is 0.244 e. The van der Waals surface area contributed by atoms with Crippen LogP contribution in [0.1, 0.15) is 5.56 Å². The van der Waals surface area contributed by atoms with Crippen LogP contribution in [0.4, 0.5) is 4.39 Å². The molecule has 0 N–H and O–H groups in total. The van der Waals surface area contributed by atoms with Gasteiger partial charge in [-0.25, -0.2) is 12.8 Å². The van der Waals surface area contributed by atoms with Crippen molar-refractivity contribution in [2.75, 3.05) is 13.6 Å². The highest BCUT2D eigenvalue weighted by Crippen LogP contribution is 2.19. The number of halogens is 1. The third kappa shape index (κ3) is 2.38. The van der Waals surface area contributed by atoms with E-state index in [1.165, 1.54) is 19.2 Å². The van der Waals surface area contributed by atoms with Crippen LogP contribution in [0, 0.1) is 24.1 Å². The molecule has 0 spiro atoms. The first-order valence-electron chi connectivity index (χ1n) is 4.49. The summed E-state index contributed by atoms with van der Waals surface area (Å²) in [5.41, 5.74) is 0.450. The van der Waals surface area contributed by atoms with Crippen LogP contribution in [0.25, 0.3) is 0 Å². The minimum absolute atomic E-state index is 0.106. The molecule has 0 atom stereocenters. The number of aryl methyl sites for hydroxylation is 1. The Bertz CT molecular complexity index is 534. The topological polar surface area (TPSA) is 61.2 Å². The molecule has 1 aromatic rings. The lowest BCUT2D eigenvalue weighted by molar-refractivity contribution is 0.499. The van der Waals surface area contributed by atoms with Gasteiger partial charge >= 0.3 is 0 Å². The quantitative estimate of drug-likeness (QED) is 0.750. The number of nitrogens with zero attached hydrogens (tertiary/aromatic N) is 2. The molecule has 0 bridgehead atoms. The van der Waals surface area contributed by atoms with Gasteiger partial charge in [0, 0.05) is 7.05 Å². The van der Waals surface area contributed by atoms with Crippen molar-refractivity contribution in [1.29, 1.82) is 5.26 Å². The number of nitriles is 1. The zero-order valence-corrected chi connectivity index (χ0v) is 9.75. The average molecular weight is 242 g/mol. The second-order valence-electron chi connectivity index (χ2n) is 3.33. The van der Waals surface area contributed by atoms with Crippen molar-refractivity contribution in [1.82, 2.24) is 4.31 Å². The fraction of sp³-hybridized carbons (Fsp3) is 0.300. The van der Waals surface area contributed by atoms with Gasteiger partial charge in [0.25, 0.3) is 0 Å². The number of hydrogen-bond acceptors (Lipinski definition) is 3. The van der Waals surface area contributed by atoms with Crippen molar-refractivity contribution in [3.05, 3.63) is 29.6 Å². The van der Waals surface area contributed by atoms with Crippen LogP contribution in [0.2, 0.25) is 0 Å². The molecule has 6 heteroatoms. The summed E-state index contributed by atoms with van der Waals surface area (Å²) in [6.45, 7) is 1.31. The summed E-state index contributed by atoms with van der Waals surface area (Å²) in [5.74, 6) is -0.616. The highest BCUT2D eigenvalue weighted by atomic mass is 32.2. The normalized spacial score (nSPS) is 11.4. The third-order valence-electron chi connectivity index (χ3n) is 2.13. The Labute approximate surface area is 94.0 Å². The van der Waals surface area contributed by atoms with Crippen LogP contribution in [0.5, 0.6) is 0 Å². The zero-order chi connectivity index (χ0) is 12.3. The second kappa shape index (κ2) is 4.60. The minimum atomic E-state index is -3.78. The Kier molecular flexibility index (Phi) is 3.62. The molecule has 1 rings (SSSR count). The van der Waals surface area contributed by atoms with E-state index in [1.807, 2.05) is 0 Å². The van der Waals surface area contributed by atoms with Crippen LogP contribution < -0.4 is 0 Å². The summed E-state index contributed by atoms with van der Waals surface area (Å²) in [4.78, 5) is -0.106. The molecular formula is C10H11FN2O2S. The van der Waals surface area contributed by atoms with Gasteiger partial charge in [-0.15, -0.1) is 0 Å². The van der Waals surface area contributed by atoms with Crippen molar-refractivity contribution in [3.63, 3.8) is 0 Å². The number of rotatable bonds is 3. The molecule has 1 aromatic carbocycles. The Hall–Kier alpha value is -1.45. The number of benzene rings is 1. The summed E-state index contributed by atoms with van der Waals surface area (Å²) in [6, 6.07) is 5.27. The predicted molar refractivity (Wildman–Crippen MR) is 56.6 cm³/mol. The summed E-state index contributed by atoms with van der Waals surface area (Å²) < 4.78 is 37.7. The maximum atomic E-state index is 13.0. The molecule has 0 aliphatic heterocycles. The van der Waals surface area contributed by atoms with Crippen molar-refractivity contribution >= 4 is 10.0 Å². The van der Waals surface area contributed by atoms with E-state index in [-0.39, 0.29) is 11.4 Å². The molecule has 0 heterocycles. The Balaban J connectivity index is 3.28. The van der Waals surface area contributed by atoms with Crippen LogP contribution >= 0.6 is 0 Å². The van der Waals surface area contributed by atoms with Gasteiger partial charge in [-0.2, -0.15) is 9.57 Å². The largest absolute Gasteiger partial charge is 0.244 e. The van der Waals surface area contributed by atoms with Gasteiger partial charge in [0.2, 0.25) is 10.0 Å². The molecule has 0 amide bonds. The molecule has 0 fully saturated rings. The van der Waals surface area contributed by atoms with Gasteiger partial charge in [-0.1, -0.05) is 6.07 Å². The highest BCUT2D eigenvalue weighted by molar-refractivity contribution is 7.89. The molecule has 0 aromatic heterocycles. The first-order chi connectivity index (χ1) is 7.39. The lowest BCUT2D eigenvalue weighted by Gasteiger charge is -2.15. The number of hydrogen-bond donors (Lipinski definition) is 0. The standard InChI is InChI=1S/C10H11FN2O2S/c1-8-3-4-9(11)7-10(8)16(14,15)13(2)6-5-12/h3-4,7H,6H2,1-2H3. The van der Waals surface area contributed by atoms with Crippen molar-refractivity contribution in [2.45, 2.75) is 11.8 Å². The molecule has 0 saturated carbocycles. The van der Waals surface area contributed by atoms with Gasteiger partial charge < -0.3 is 0 Å². The van der Waals surface area contributed by atoms with Gasteiger partial charge in [-0.3, -0.25) is 0 Å². The van der Waals surface area contributed by atoms with E-state index in [0.29, 0.717) is 5.56 Å². The molecule has 16 heavy (non-hydrogen) atoms. The first-order valence-corrected chi connectivity index (χ1v) is 5.93. The van der Waals surface area contributed by atoms with Crippen LogP contribution in [-0.4, -0.2) is 26.3 Å². The first kappa shape index (κ1) is 12.6. The molecule has 0 aliphatic carbocycles. The van der Waals surface area contributed by atoms with E-state index in [4.69, 9.17) is 5.26 Å². The van der Waals surface area contributed by atoms with Crippen molar-refractivity contribution in [2.24, 2.45) is 0 Å². The molecule has 4 nitrogen and oxygen atoms in total. The third-order valence-corrected chi connectivity index (χ3v) is 4.08. The summed E-state index contributed by atoms with van der Waals surface area (Å²) >= 11 is 0. The van der Waals surface area contributed by atoms with E-state index < -0.39 is 15.8 Å². The highest BCUT2D eigenvalue weighted by Gasteiger charge is 2.22. The van der Waals surface area contributed by atoms with E-state index >= 15 is 0 Å². The van der Waals surface area contributed by atoms with E-state index in [9.17, 15) is 12.8 Å². The Morgan fingerprint density at radius 1 is 1.50 bits per heavy atom. The van der Waals surface area contributed by atoms with Crippen molar-refractivity contribution in [3.8, 4) is 6.07 Å². The molecule has 0 aliphatic rings. The lowest BCUT2D eigenvalue weighted by atomic mass is 10.2. The Morgan fingerprint density at radius 2 is 2.12 bits per heavy atom. The predicted octanol–water partition coefficient (Wildman–Crippen LogP) is 1.28. The van der Waals surface area contributed by atoms with E-state index in [1.54, 1.807) is 13.0 Å². The van der Waals surface area contributed by atoms with E-state index in [0.717, 1.165) is 10.4 Å². The zero-order valence-electron chi connectivity index (χ0n) is 8.94. The smallest absolute Gasteiger partial charge is 0.207 e. The molecule has 86 valence electrons. The molecule has 0 unspecified atom stereocenters. The molecular weight excluding hydrogens is 231 g/mol. The van der Waals surface area contributed by atoms with Gasteiger partial charge in [0.05, 0.1) is 11.0 Å². The Morgan fingerprint density at radius 3 is 2.69 bits per heavy atom. The van der Waals surface area contributed by atoms with Gasteiger partial charge in [0.1, 0.15) is 12.4 Å². The van der Waals surface area contributed by atoms with Crippen LogP contribution in [0.3, 0.4) is 0 Å². The van der Waals surface area contributed by atoms with Gasteiger partial charge in [-0.05, 0) is 24.6 Å². The minimum Gasteiger partial charge on any atom is -0.207 e. The molecule has 0 saturated heterocycles. The summed E-state index contributed by atoms with van der Waals surface area (Å²) in [6.07, 6.45) is 0. The fourth-order valence-electron chi connectivity index (χ4n) is 1.20. The lowest BCUT2D eigenvalue weighted by Crippen LogP contribution is -2.27. The summed E-state index contributed by atoms with van der Waals surface area (Å²) in [7, 11) is -2.50. The van der Waals surface area contributed by atoms with Crippen LogP contribution in [-0.2, 0) is 10.0 Å². The maximum absolute atomic E-state index is 13.0.